The number of hydrogen-bond acceptors (Lipinski definition) is 4. The van der Waals surface area contributed by atoms with Gasteiger partial charge < -0.3 is 20.9 Å². The van der Waals surface area contributed by atoms with E-state index in [0.717, 1.165) is 0 Å². The largest absolute Gasteiger partial charge is 0.497 e. The number of halogens is 3. The van der Waals surface area contributed by atoms with Gasteiger partial charge in [-0.2, -0.15) is 13.2 Å². The van der Waals surface area contributed by atoms with Gasteiger partial charge in [-0.05, 0) is 12.1 Å². The van der Waals surface area contributed by atoms with Gasteiger partial charge in [-0.1, -0.05) is 0 Å². The van der Waals surface area contributed by atoms with Crippen molar-refractivity contribution in [3.63, 3.8) is 0 Å². The highest BCUT2D eigenvalue weighted by atomic mass is 19.4. The van der Waals surface area contributed by atoms with Gasteiger partial charge in [-0.3, -0.25) is 4.79 Å². The standard InChI is InChI=1S/C11H13F3N2O3/c1-19-6-2-3-7(8(15)4-6)10(18)16-5-9(17)11(12,13)14/h2-4,9,17H,5,15H2,1H3,(H,16,18). The molecule has 1 atom stereocenters. The lowest BCUT2D eigenvalue weighted by Crippen LogP contribution is -2.40. The van der Waals surface area contributed by atoms with Gasteiger partial charge in [0.25, 0.3) is 5.91 Å². The first kappa shape index (κ1) is 15.1. The molecular formula is C11H13F3N2O3. The lowest BCUT2D eigenvalue weighted by atomic mass is 10.1. The van der Waals surface area contributed by atoms with Crippen LogP contribution in [0.25, 0.3) is 0 Å². The first-order valence-corrected chi connectivity index (χ1v) is 5.22. The van der Waals surface area contributed by atoms with Crippen molar-refractivity contribution in [3.05, 3.63) is 23.8 Å². The molecule has 0 spiro atoms. The Labute approximate surface area is 107 Å². The van der Waals surface area contributed by atoms with Crippen molar-refractivity contribution in [2.24, 2.45) is 0 Å². The predicted octanol–water partition coefficient (Wildman–Crippen LogP) is 0.930. The number of amides is 1. The van der Waals surface area contributed by atoms with Crippen LogP contribution in [0.2, 0.25) is 0 Å². The highest BCUT2D eigenvalue weighted by Crippen LogP contribution is 2.21. The predicted molar refractivity (Wildman–Crippen MR) is 61.8 cm³/mol. The molecule has 1 rings (SSSR count). The molecule has 1 aromatic carbocycles. The van der Waals surface area contributed by atoms with Crippen molar-refractivity contribution >= 4 is 11.6 Å². The molecule has 0 saturated carbocycles. The van der Waals surface area contributed by atoms with Gasteiger partial charge in [0.15, 0.2) is 6.10 Å². The van der Waals surface area contributed by atoms with E-state index in [1.54, 1.807) is 0 Å². The van der Waals surface area contributed by atoms with E-state index in [9.17, 15) is 18.0 Å². The fourth-order valence-corrected chi connectivity index (χ4v) is 1.27. The molecule has 106 valence electrons. The number of nitrogens with two attached hydrogens (primary N) is 1. The normalized spacial score (nSPS) is 12.9. The molecule has 0 bridgehead atoms. The van der Waals surface area contributed by atoms with Crippen LogP contribution in [0.3, 0.4) is 0 Å². The van der Waals surface area contributed by atoms with E-state index >= 15 is 0 Å². The molecule has 0 saturated heterocycles. The van der Waals surface area contributed by atoms with Crippen LogP contribution in [-0.2, 0) is 0 Å². The Kier molecular flexibility index (Phi) is 4.60. The average Bonchev–Trinajstić information content (AvgIpc) is 2.34. The number of aliphatic hydroxyl groups excluding tert-OH is 1. The van der Waals surface area contributed by atoms with Crippen LogP contribution in [0, 0.1) is 0 Å². The summed E-state index contributed by atoms with van der Waals surface area (Å²) < 4.78 is 41.0. The van der Waals surface area contributed by atoms with Crippen molar-refractivity contribution in [1.29, 1.82) is 0 Å². The molecule has 0 aliphatic rings. The molecule has 1 amide bonds. The molecular weight excluding hydrogens is 265 g/mol. The number of hydrogen-bond donors (Lipinski definition) is 3. The zero-order chi connectivity index (χ0) is 14.6. The summed E-state index contributed by atoms with van der Waals surface area (Å²) in [5.41, 5.74) is 5.64. The van der Waals surface area contributed by atoms with E-state index in [-0.39, 0.29) is 11.3 Å². The lowest BCUT2D eigenvalue weighted by Gasteiger charge is -2.15. The zero-order valence-electron chi connectivity index (χ0n) is 9.99. The van der Waals surface area contributed by atoms with Gasteiger partial charge in [-0.15, -0.1) is 0 Å². The highest BCUT2D eigenvalue weighted by Gasteiger charge is 2.38. The maximum absolute atomic E-state index is 12.0. The van der Waals surface area contributed by atoms with E-state index in [0.29, 0.717) is 5.75 Å². The topological polar surface area (TPSA) is 84.6 Å². The number of rotatable bonds is 4. The molecule has 1 unspecified atom stereocenters. The number of nitrogen functional groups attached to an aromatic ring is 1. The van der Waals surface area contributed by atoms with Crippen LogP contribution in [0.5, 0.6) is 5.75 Å². The second-order valence-electron chi connectivity index (χ2n) is 3.72. The summed E-state index contributed by atoms with van der Waals surface area (Å²) in [5.74, 6) is -0.382. The molecule has 0 aliphatic carbocycles. The summed E-state index contributed by atoms with van der Waals surface area (Å²) in [7, 11) is 1.41. The van der Waals surface area contributed by atoms with Crippen LogP contribution in [0.1, 0.15) is 10.4 Å². The molecule has 8 heteroatoms. The minimum absolute atomic E-state index is 0.00942. The Hall–Kier alpha value is -1.96. The van der Waals surface area contributed by atoms with Gasteiger partial charge >= 0.3 is 6.18 Å². The Bertz CT molecular complexity index is 463. The van der Waals surface area contributed by atoms with Crippen LogP contribution in [-0.4, -0.2) is 36.9 Å². The number of carbonyl (C=O) groups excluding carboxylic acids is 1. The summed E-state index contributed by atoms with van der Waals surface area (Å²) in [5, 5.41) is 10.7. The van der Waals surface area contributed by atoms with E-state index in [1.807, 2.05) is 5.32 Å². The van der Waals surface area contributed by atoms with Crippen LogP contribution in [0.4, 0.5) is 18.9 Å². The Morgan fingerprint density at radius 3 is 2.63 bits per heavy atom. The van der Waals surface area contributed by atoms with Crippen LogP contribution < -0.4 is 15.8 Å². The highest BCUT2D eigenvalue weighted by molar-refractivity contribution is 5.99. The molecule has 19 heavy (non-hydrogen) atoms. The zero-order valence-corrected chi connectivity index (χ0v) is 9.99. The second kappa shape index (κ2) is 5.79. The van der Waals surface area contributed by atoms with Gasteiger partial charge in [0.2, 0.25) is 0 Å². The van der Waals surface area contributed by atoms with Crippen molar-refractivity contribution < 1.29 is 27.8 Å². The first-order valence-electron chi connectivity index (χ1n) is 5.22. The van der Waals surface area contributed by atoms with E-state index in [4.69, 9.17) is 15.6 Å². The minimum atomic E-state index is -4.78. The molecule has 0 aliphatic heterocycles. The third kappa shape index (κ3) is 4.02. The van der Waals surface area contributed by atoms with Crippen LogP contribution in [0.15, 0.2) is 18.2 Å². The minimum Gasteiger partial charge on any atom is -0.497 e. The quantitative estimate of drug-likeness (QED) is 0.715. The second-order valence-corrected chi connectivity index (χ2v) is 3.72. The fraction of sp³-hybridized carbons (Fsp3) is 0.364. The molecule has 1 aromatic rings. The summed E-state index contributed by atoms with van der Waals surface area (Å²) in [6.45, 7) is -0.937. The Morgan fingerprint density at radius 1 is 1.53 bits per heavy atom. The molecule has 0 heterocycles. The monoisotopic (exact) mass is 278 g/mol. The third-order valence-corrected chi connectivity index (χ3v) is 2.34. The number of carbonyl (C=O) groups is 1. The van der Waals surface area contributed by atoms with Crippen molar-refractivity contribution in [2.45, 2.75) is 12.3 Å². The summed E-state index contributed by atoms with van der Waals surface area (Å²) in [6, 6.07) is 4.14. The average molecular weight is 278 g/mol. The number of benzene rings is 1. The van der Waals surface area contributed by atoms with Crippen LogP contribution >= 0.6 is 0 Å². The molecule has 5 nitrogen and oxygen atoms in total. The van der Waals surface area contributed by atoms with Gasteiger partial charge in [0.1, 0.15) is 5.75 Å². The maximum Gasteiger partial charge on any atom is 0.416 e. The number of nitrogens with one attached hydrogen (secondary N) is 1. The van der Waals surface area contributed by atoms with Gasteiger partial charge in [0.05, 0.1) is 19.2 Å². The van der Waals surface area contributed by atoms with E-state index in [2.05, 4.69) is 0 Å². The molecule has 0 aromatic heterocycles. The van der Waals surface area contributed by atoms with Gasteiger partial charge in [0, 0.05) is 11.8 Å². The fourth-order valence-electron chi connectivity index (χ4n) is 1.27. The maximum atomic E-state index is 12.0. The van der Waals surface area contributed by atoms with Gasteiger partial charge in [-0.25, -0.2) is 0 Å². The SMILES string of the molecule is COc1ccc(C(=O)NCC(O)C(F)(F)F)c(N)c1. The Balaban J connectivity index is 2.69. The van der Waals surface area contributed by atoms with E-state index < -0.39 is 24.7 Å². The molecule has 0 radical (unpaired) electrons. The van der Waals surface area contributed by atoms with E-state index in [1.165, 1.54) is 25.3 Å². The lowest BCUT2D eigenvalue weighted by molar-refractivity contribution is -0.201. The smallest absolute Gasteiger partial charge is 0.416 e. The summed E-state index contributed by atoms with van der Waals surface area (Å²) in [4.78, 5) is 11.6. The summed E-state index contributed by atoms with van der Waals surface area (Å²) >= 11 is 0. The first-order chi connectivity index (χ1) is 8.75. The van der Waals surface area contributed by atoms with Crippen molar-refractivity contribution in [2.75, 3.05) is 19.4 Å². The number of alkyl halides is 3. The summed E-state index contributed by atoms with van der Waals surface area (Å²) in [6.07, 6.45) is -7.39. The molecule has 4 N–H and O–H groups in total. The number of anilines is 1. The number of methoxy groups -OCH3 is 1. The Morgan fingerprint density at radius 2 is 2.16 bits per heavy atom. The number of ether oxygens (including phenoxy) is 1. The van der Waals surface area contributed by atoms with Crippen molar-refractivity contribution in [3.8, 4) is 5.75 Å². The number of aliphatic hydroxyl groups is 1. The van der Waals surface area contributed by atoms with Crippen molar-refractivity contribution in [1.82, 2.24) is 5.32 Å². The molecule has 0 fully saturated rings. The third-order valence-electron chi connectivity index (χ3n) is 2.34.